The van der Waals surface area contributed by atoms with E-state index in [-0.39, 0.29) is 5.97 Å². The minimum absolute atomic E-state index is 0.357. The Morgan fingerprint density at radius 2 is 2.17 bits per heavy atom. The van der Waals surface area contributed by atoms with Crippen molar-refractivity contribution in [3.05, 3.63) is 22.4 Å². The van der Waals surface area contributed by atoms with Crippen molar-refractivity contribution in [2.75, 3.05) is 6.54 Å². The molecule has 0 spiro atoms. The molecule has 1 aliphatic rings. The minimum Gasteiger partial charge on any atom is -0.480 e. The summed E-state index contributed by atoms with van der Waals surface area (Å²) >= 11 is 1.44. The molecular formula is C16H24N2O4S. The highest BCUT2D eigenvalue weighted by Gasteiger charge is 2.41. The Morgan fingerprint density at radius 1 is 1.48 bits per heavy atom. The second kappa shape index (κ2) is 6.98. The van der Waals surface area contributed by atoms with Gasteiger partial charge in [0.15, 0.2) is 0 Å². The zero-order chi connectivity index (χ0) is 17.2. The summed E-state index contributed by atoms with van der Waals surface area (Å²) in [4.78, 5) is 25.8. The van der Waals surface area contributed by atoms with E-state index in [1.807, 2.05) is 31.5 Å². The summed E-state index contributed by atoms with van der Waals surface area (Å²) in [5.74, 6) is -1.82. The number of carbonyl (C=O) groups is 2. The van der Waals surface area contributed by atoms with E-state index >= 15 is 0 Å². The molecule has 0 aliphatic carbocycles. The van der Waals surface area contributed by atoms with E-state index in [0.717, 1.165) is 0 Å². The van der Waals surface area contributed by atoms with Crippen LogP contribution in [-0.2, 0) is 14.3 Å². The van der Waals surface area contributed by atoms with Gasteiger partial charge in [0, 0.05) is 6.54 Å². The molecule has 1 saturated heterocycles. The van der Waals surface area contributed by atoms with Crippen molar-refractivity contribution in [3.63, 3.8) is 0 Å². The molecule has 3 unspecified atom stereocenters. The van der Waals surface area contributed by atoms with Crippen LogP contribution in [0.5, 0.6) is 0 Å². The molecule has 0 radical (unpaired) electrons. The summed E-state index contributed by atoms with van der Waals surface area (Å²) in [7, 11) is 0. The fourth-order valence-corrected chi connectivity index (χ4v) is 3.57. The van der Waals surface area contributed by atoms with Gasteiger partial charge < -0.3 is 15.6 Å². The fraction of sp³-hybridized carbons (Fsp3) is 0.625. The van der Waals surface area contributed by atoms with Gasteiger partial charge in [0.05, 0.1) is 12.1 Å². The number of piperidine rings is 1. The van der Waals surface area contributed by atoms with Crippen molar-refractivity contribution in [1.82, 2.24) is 4.90 Å². The molecule has 6 nitrogen and oxygen atoms in total. The maximum absolute atomic E-state index is 12.4. The van der Waals surface area contributed by atoms with Crippen molar-refractivity contribution in [3.8, 4) is 0 Å². The van der Waals surface area contributed by atoms with Gasteiger partial charge in [-0.2, -0.15) is 11.3 Å². The van der Waals surface area contributed by atoms with Crippen molar-refractivity contribution in [1.29, 1.82) is 0 Å². The topological polar surface area (TPSA) is 92.9 Å². The second-order valence-corrected chi connectivity index (χ2v) is 7.59. The quantitative estimate of drug-likeness (QED) is 0.816. The number of esters is 1. The van der Waals surface area contributed by atoms with Crippen molar-refractivity contribution in [2.45, 2.75) is 51.4 Å². The third-order valence-electron chi connectivity index (χ3n) is 3.86. The standard InChI is InChI=1S/C16H24N2O4S/c1-16(2,3)22-15(21)11-5-4-7-18(13(11)17)12(14(19)20)10-6-8-23-9-10/h6,8-9,11-13H,4-5,7,17H2,1-3H3,(H,19,20). The average Bonchev–Trinajstić information content (AvgIpc) is 2.92. The van der Waals surface area contributed by atoms with Crippen LogP contribution in [0.1, 0.15) is 45.2 Å². The van der Waals surface area contributed by atoms with Crippen molar-refractivity contribution < 1.29 is 19.4 Å². The third-order valence-corrected chi connectivity index (χ3v) is 4.56. The summed E-state index contributed by atoms with van der Waals surface area (Å²) in [6.45, 7) is 5.97. The van der Waals surface area contributed by atoms with Crippen molar-refractivity contribution in [2.24, 2.45) is 11.7 Å². The molecule has 1 aromatic rings. The first-order valence-electron chi connectivity index (χ1n) is 7.70. The predicted molar refractivity (Wildman–Crippen MR) is 87.9 cm³/mol. The second-order valence-electron chi connectivity index (χ2n) is 6.81. The van der Waals surface area contributed by atoms with Crippen molar-refractivity contribution >= 4 is 23.3 Å². The number of nitrogens with zero attached hydrogens (tertiary/aromatic N) is 1. The van der Waals surface area contributed by atoms with E-state index in [9.17, 15) is 14.7 Å². The molecule has 23 heavy (non-hydrogen) atoms. The van der Waals surface area contributed by atoms with Gasteiger partial charge >= 0.3 is 11.9 Å². The minimum atomic E-state index is -0.955. The fourth-order valence-electron chi connectivity index (χ4n) is 2.89. The van der Waals surface area contributed by atoms with Crippen LogP contribution in [0, 0.1) is 5.92 Å². The lowest BCUT2D eigenvalue weighted by Gasteiger charge is -2.41. The third kappa shape index (κ3) is 4.31. The van der Waals surface area contributed by atoms with Crippen LogP contribution in [0.15, 0.2) is 16.8 Å². The van der Waals surface area contributed by atoms with Gasteiger partial charge in [0.2, 0.25) is 0 Å². The van der Waals surface area contributed by atoms with E-state index < -0.39 is 29.7 Å². The number of likely N-dealkylation sites (tertiary alicyclic amines) is 1. The summed E-state index contributed by atoms with van der Waals surface area (Å²) in [6.07, 6.45) is 0.660. The lowest BCUT2D eigenvalue weighted by Crippen LogP contribution is -2.56. The van der Waals surface area contributed by atoms with Crippen LogP contribution in [-0.4, -0.2) is 40.3 Å². The molecule has 2 rings (SSSR count). The van der Waals surface area contributed by atoms with E-state index in [1.54, 1.807) is 11.0 Å². The van der Waals surface area contributed by atoms with Crippen LogP contribution >= 0.6 is 11.3 Å². The smallest absolute Gasteiger partial charge is 0.325 e. The van der Waals surface area contributed by atoms with E-state index in [4.69, 9.17) is 10.5 Å². The number of hydrogen-bond donors (Lipinski definition) is 2. The SMILES string of the molecule is CC(C)(C)OC(=O)C1CCCN(C(C(=O)O)c2ccsc2)C1N. The highest BCUT2D eigenvalue weighted by atomic mass is 32.1. The zero-order valence-electron chi connectivity index (χ0n) is 13.7. The van der Waals surface area contributed by atoms with Gasteiger partial charge in [-0.25, -0.2) is 0 Å². The normalized spacial score (nSPS) is 24.2. The molecule has 2 heterocycles. The lowest BCUT2D eigenvalue weighted by molar-refractivity contribution is -0.167. The number of carboxylic acid groups (broad SMARTS) is 1. The summed E-state index contributed by atoms with van der Waals surface area (Å²) in [6, 6.07) is 0.953. The van der Waals surface area contributed by atoms with Gasteiger partial charge in [-0.15, -0.1) is 0 Å². The van der Waals surface area contributed by atoms with Gasteiger partial charge in [-0.3, -0.25) is 14.5 Å². The van der Waals surface area contributed by atoms with Gasteiger partial charge in [-0.1, -0.05) is 0 Å². The van der Waals surface area contributed by atoms with Crippen LogP contribution in [0.3, 0.4) is 0 Å². The highest BCUT2D eigenvalue weighted by Crippen LogP contribution is 2.32. The molecule has 1 aromatic heterocycles. The summed E-state index contributed by atoms with van der Waals surface area (Å²) in [5.41, 5.74) is 6.37. The van der Waals surface area contributed by atoms with Crippen LogP contribution < -0.4 is 5.73 Å². The predicted octanol–water partition coefficient (Wildman–Crippen LogP) is 2.21. The largest absolute Gasteiger partial charge is 0.480 e. The van der Waals surface area contributed by atoms with Gasteiger partial charge in [-0.05, 0) is 56.0 Å². The lowest BCUT2D eigenvalue weighted by atomic mass is 9.92. The number of aliphatic carboxylic acids is 1. The van der Waals surface area contributed by atoms with E-state index in [1.165, 1.54) is 11.3 Å². The Morgan fingerprint density at radius 3 is 2.70 bits per heavy atom. The molecule has 0 bridgehead atoms. The van der Waals surface area contributed by atoms with Crippen LogP contribution in [0.25, 0.3) is 0 Å². The number of rotatable bonds is 4. The molecule has 1 aliphatic heterocycles. The maximum atomic E-state index is 12.4. The first kappa shape index (κ1) is 17.9. The first-order chi connectivity index (χ1) is 10.7. The number of hydrogen-bond acceptors (Lipinski definition) is 6. The van der Waals surface area contributed by atoms with Crippen LogP contribution in [0.2, 0.25) is 0 Å². The molecule has 3 N–H and O–H groups in total. The van der Waals surface area contributed by atoms with E-state index in [2.05, 4.69) is 0 Å². The van der Waals surface area contributed by atoms with Gasteiger partial charge in [0.25, 0.3) is 0 Å². The Bertz CT molecular complexity index is 553. The number of ether oxygens (including phenoxy) is 1. The molecule has 128 valence electrons. The Balaban J connectivity index is 2.19. The Labute approximate surface area is 140 Å². The van der Waals surface area contributed by atoms with Gasteiger partial charge in [0.1, 0.15) is 11.6 Å². The van der Waals surface area contributed by atoms with E-state index in [0.29, 0.717) is 24.9 Å². The molecule has 0 saturated carbocycles. The Hall–Kier alpha value is -1.44. The molecule has 0 aromatic carbocycles. The first-order valence-corrected chi connectivity index (χ1v) is 8.64. The van der Waals surface area contributed by atoms with Crippen LogP contribution in [0.4, 0.5) is 0 Å². The Kier molecular flexibility index (Phi) is 5.44. The zero-order valence-corrected chi connectivity index (χ0v) is 14.5. The number of thiophene rings is 1. The number of carboxylic acids is 1. The number of carbonyl (C=O) groups excluding carboxylic acids is 1. The number of nitrogens with two attached hydrogens (primary N) is 1. The highest BCUT2D eigenvalue weighted by molar-refractivity contribution is 7.08. The molecule has 7 heteroatoms. The summed E-state index contributed by atoms with van der Waals surface area (Å²) < 4.78 is 5.44. The summed E-state index contributed by atoms with van der Waals surface area (Å²) in [5, 5.41) is 13.3. The molecule has 1 fully saturated rings. The molecular weight excluding hydrogens is 316 g/mol. The monoisotopic (exact) mass is 340 g/mol. The molecule has 3 atom stereocenters. The molecule has 0 amide bonds. The average molecular weight is 340 g/mol. The maximum Gasteiger partial charge on any atom is 0.325 e.